The molecule has 0 aliphatic heterocycles. The summed E-state index contributed by atoms with van der Waals surface area (Å²) in [4.78, 5) is 4.03. The number of rotatable bonds is 7. The highest BCUT2D eigenvalue weighted by Crippen LogP contribution is 2.02. The Morgan fingerprint density at radius 3 is 2.72 bits per heavy atom. The van der Waals surface area contributed by atoms with E-state index in [4.69, 9.17) is 0 Å². The lowest BCUT2D eigenvalue weighted by Crippen LogP contribution is -2.15. The van der Waals surface area contributed by atoms with E-state index in [0.717, 1.165) is 19.6 Å². The van der Waals surface area contributed by atoms with Gasteiger partial charge in [-0.15, -0.1) is 0 Å². The van der Waals surface area contributed by atoms with Gasteiger partial charge in [0.25, 0.3) is 0 Å². The van der Waals surface area contributed by atoms with Crippen LogP contribution in [0.1, 0.15) is 24.0 Å². The number of hydrogen-bond donors (Lipinski definition) is 1. The topological polar surface area (TPSA) is 29.9 Å². The number of aryl methyl sites for hydroxylation is 2. The summed E-state index contributed by atoms with van der Waals surface area (Å²) in [6, 6.07) is 8.70. The summed E-state index contributed by atoms with van der Waals surface area (Å²) in [6.07, 6.45) is 8.11. The lowest BCUT2D eigenvalue weighted by molar-refractivity contribution is 0.568. The lowest BCUT2D eigenvalue weighted by Gasteiger charge is -2.06. The van der Waals surface area contributed by atoms with Crippen molar-refractivity contribution in [2.45, 2.75) is 32.9 Å². The van der Waals surface area contributed by atoms with Crippen molar-refractivity contribution in [1.82, 2.24) is 14.9 Å². The highest BCUT2D eigenvalue weighted by Gasteiger charge is 1.93. The Kier molecular flexibility index (Phi) is 4.97. The Labute approximate surface area is 109 Å². The molecule has 0 aliphatic carbocycles. The van der Waals surface area contributed by atoms with Gasteiger partial charge in [-0.25, -0.2) is 4.98 Å². The molecule has 0 bridgehead atoms. The van der Waals surface area contributed by atoms with Crippen LogP contribution in [-0.2, 0) is 13.1 Å². The monoisotopic (exact) mass is 243 g/mol. The van der Waals surface area contributed by atoms with Crippen molar-refractivity contribution in [2.75, 3.05) is 6.54 Å². The molecule has 0 aliphatic rings. The number of benzene rings is 1. The van der Waals surface area contributed by atoms with Gasteiger partial charge in [0, 0.05) is 25.5 Å². The molecule has 18 heavy (non-hydrogen) atoms. The Bertz CT molecular complexity index is 431. The smallest absolute Gasteiger partial charge is 0.0945 e. The van der Waals surface area contributed by atoms with E-state index < -0.39 is 0 Å². The Balaban J connectivity index is 1.55. The maximum atomic E-state index is 4.03. The molecular formula is C15H21N3. The SMILES string of the molecule is Cc1ccc(CNCCCCn2ccnc2)cc1. The third-order valence-electron chi connectivity index (χ3n) is 3.03. The molecule has 1 heterocycles. The molecule has 0 spiro atoms. The zero-order valence-corrected chi connectivity index (χ0v) is 11.0. The van der Waals surface area contributed by atoms with Gasteiger partial charge in [-0.2, -0.15) is 0 Å². The highest BCUT2D eigenvalue weighted by molar-refractivity contribution is 5.20. The largest absolute Gasteiger partial charge is 0.337 e. The molecular weight excluding hydrogens is 222 g/mol. The fraction of sp³-hybridized carbons (Fsp3) is 0.400. The van der Waals surface area contributed by atoms with E-state index in [1.807, 2.05) is 18.7 Å². The number of unbranched alkanes of at least 4 members (excludes halogenated alkanes) is 1. The Morgan fingerprint density at radius 1 is 1.17 bits per heavy atom. The maximum Gasteiger partial charge on any atom is 0.0945 e. The summed E-state index contributed by atoms with van der Waals surface area (Å²) in [6.45, 7) is 5.22. The van der Waals surface area contributed by atoms with Crippen LogP contribution in [0.3, 0.4) is 0 Å². The number of aromatic nitrogens is 2. The summed E-state index contributed by atoms with van der Waals surface area (Å²) >= 11 is 0. The lowest BCUT2D eigenvalue weighted by atomic mass is 10.1. The van der Waals surface area contributed by atoms with E-state index in [0.29, 0.717) is 0 Å². The maximum absolute atomic E-state index is 4.03. The van der Waals surface area contributed by atoms with Gasteiger partial charge in [-0.1, -0.05) is 29.8 Å². The molecule has 1 aromatic heterocycles. The fourth-order valence-corrected chi connectivity index (χ4v) is 1.90. The van der Waals surface area contributed by atoms with Crippen molar-refractivity contribution in [3.05, 3.63) is 54.1 Å². The number of hydrogen-bond acceptors (Lipinski definition) is 2. The van der Waals surface area contributed by atoms with Gasteiger partial charge in [0.1, 0.15) is 0 Å². The van der Waals surface area contributed by atoms with Crippen LogP contribution in [0.5, 0.6) is 0 Å². The van der Waals surface area contributed by atoms with Gasteiger partial charge in [-0.3, -0.25) is 0 Å². The van der Waals surface area contributed by atoms with E-state index in [1.54, 1.807) is 0 Å². The van der Waals surface area contributed by atoms with Gasteiger partial charge in [-0.05, 0) is 31.9 Å². The van der Waals surface area contributed by atoms with Crippen molar-refractivity contribution < 1.29 is 0 Å². The summed E-state index contributed by atoms with van der Waals surface area (Å²) in [5.41, 5.74) is 2.68. The van der Waals surface area contributed by atoms with Gasteiger partial charge >= 0.3 is 0 Å². The third-order valence-corrected chi connectivity index (χ3v) is 3.03. The summed E-state index contributed by atoms with van der Waals surface area (Å²) in [5, 5.41) is 3.48. The third kappa shape index (κ3) is 4.34. The van der Waals surface area contributed by atoms with Crippen molar-refractivity contribution in [1.29, 1.82) is 0 Å². The normalized spacial score (nSPS) is 10.7. The molecule has 0 fully saturated rings. The fourth-order valence-electron chi connectivity index (χ4n) is 1.90. The molecule has 0 atom stereocenters. The Morgan fingerprint density at radius 2 is 2.00 bits per heavy atom. The van der Waals surface area contributed by atoms with Crippen molar-refractivity contribution in [3.63, 3.8) is 0 Å². The predicted molar refractivity (Wildman–Crippen MR) is 74.3 cm³/mol. The predicted octanol–water partition coefficient (Wildman–Crippen LogP) is 2.76. The Hall–Kier alpha value is -1.61. The van der Waals surface area contributed by atoms with Crippen LogP contribution in [-0.4, -0.2) is 16.1 Å². The van der Waals surface area contributed by atoms with E-state index in [1.165, 1.54) is 24.0 Å². The number of imidazole rings is 1. The summed E-state index contributed by atoms with van der Waals surface area (Å²) in [7, 11) is 0. The van der Waals surface area contributed by atoms with Crippen LogP contribution in [0.4, 0.5) is 0 Å². The first-order chi connectivity index (χ1) is 8.84. The molecule has 3 heteroatoms. The van der Waals surface area contributed by atoms with Crippen molar-refractivity contribution >= 4 is 0 Å². The molecule has 96 valence electrons. The van der Waals surface area contributed by atoms with E-state index in [2.05, 4.69) is 46.1 Å². The summed E-state index contributed by atoms with van der Waals surface area (Å²) < 4.78 is 2.12. The van der Waals surface area contributed by atoms with Crippen LogP contribution >= 0.6 is 0 Å². The first-order valence-electron chi connectivity index (χ1n) is 6.56. The van der Waals surface area contributed by atoms with Crippen molar-refractivity contribution in [2.24, 2.45) is 0 Å². The average Bonchev–Trinajstić information content (AvgIpc) is 2.89. The van der Waals surface area contributed by atoms with Crippen LogP contribution < -0.4 is 5.32 Å². The van der Waals surface area contributed by atoms with Crippen LogP contribution in [0.2, 0.25) is 0 Å². The van der Waals surface area contributed by atoms with Crippen LogP contribution in [0.25, 0.3) is 0 Å². The second-order valence-corrected chi connectivity index (χ2v) is 4.67. The van der Waals surface area contributed by atoms with Crippen LogP contribution in [0, 0.1) is 6.92 Å². The molecule has 2 aromatic rings. The molecule has 2 rings (SSSR count). The first-order valence-corrected chi connectivity index (χ1v) is 6.56. The molecule has 0 saturated carbocycles. The summed E-state index contributed by atoms with van der Waals surface area (Å²) in [5.74, 6) is 0. The van der Waals surface area contributed by atoms with Crippen molar-refractivity contribution in [3.8, 4) is 0 Å². The standard InChI is InChI=1S/C15H21N3/c1-14-4-6-15(7-5-14)12-16-8-2-3-10-18-11-9-17-13-18/h4-7,9,11,13,16H,2-3,8,10,12H2,1H3. The number of nitrogens with one attached hydrogen (secondary N) is 1. The number of nitrogens with zero attached hydrogens (tertiary/aromatic N) is 2. The minimum absolute atomic E-state index is 0.964. The van der Waals surface area contributed by atoms with E-state index in [-0.39, 0.29) is 0 Å². The highest BCUT2D eigenvalue weighted by atomic mass is 15.0. The zero-order chi connectivity index (χ0) is 12.6. The van der Waals surface area contributed by atoms with E-state index in [9.17, 15) is 0 Å². The van der Waals surface area contributed by atoms with Gasteiger partial charge in [0.2, 0.25) is 0 Å². The first kappa shape index (κ1) is 12.8. The molecule has 0 amide bonds. The second kappa shape index (κ2) is 6.97. The minimum Gasteiger partial charge on any atom is -0.337 e. The molecule has 1 aromatic carbocycles. The molecule has 0 unspecified atom stereocenters. The van der Waals surface area contributed by atoms with Gasteiger partial charge < -0.3 is 9.88 Å². The molecule has 0 radical (unpaired) electrons. The average molecular weight is 243 g/mol. The zero-order valence-electron chi connectivity index (χ0n) is 11.0. The second-order valence-electron chi connectivity index (χ2n) is 4.67. The van der Waals surface area contributed by atoms with E-state index >= 15 is 0 Å². The molecule has 0 saturated heterocycles. The quantitative estimate of drug-likeness (QED) is 0.758. The minimum atomic E-state index is 0.964. The van der Waals surface area contributed by atoms with Gasteiger partial charge in [0.15, 0.2) is 0 Å². The molecule has 1 N–H and O–H groups in total. The van der Waals surface area contributed by atoms with Crippen LogP contribution in [0.15, 0.2) is 43.0 Å². The van der Waals surface area contributed by atoms with Gasteiger partial charge in [0.05, 0.1) is 6.33 Å². The molecule has 3 nitrogen and oxygen atoms in total.